The molecule has 1 atom stereocenters. The number of nitrogens with one attached hydrogen (secondary N) is 2. The van der Waals surface area contributed by atoms with E-state index < -0.39 is 0 Å². The molecule has 0 bridgehead atoms. The summed E-state index contributed by atoms with van der Waals surface area (Å²) in [6.45, 7) is 2.91. The van der Waals surface area contributed by atoms with Crippen LogP contribution in [0.1, 0.15) is 24.3 Å². The molecular weight excluding hydrogens is 336 g/mol. The van der Waals surface area contributed by atoms with Gasteiger partial charge in [0.05, 0.1) is 6.04 Å². The summed E-state index contributed by atoms with van der Waals surface area (Å²) in [7, 11) is 0. The molecule has 128 valence electrons. The number of benzene rings is 2. The van der Waals surface area contributed by atoms with Gasteiger partial charge in [-0.15, -0.1) is 0 Å². The summed E-state index contributed by atoms with van der Waals surface area (Å²) in [5.74, 6) is 2.41. The summed E-state index contributed by atoms with van der Waals surface area (Å²) in [6.07, 6.45) is 0. The third-order valence-electron chi connectivity index (χ3n) is 4.11. The zero-order chi connectivity index (χ0) is 17.2. The van der Waals surface area contributed by atoms with E-state index in [-0.39, 0.29) is 12.8 Å². The van der Waals surface area contributed by atoms with Gasteiger partial charge in [-0.05, 0) is 49.0 Å². The van der Waals surface area contributed by atoms with Gasteiger partial charge < -0.3 is 24.5 Å². The predicted octanol–water partition coefficient (Wildman–Crippen LogP) is 3.89. The summed E-state index contributed by atoms with van der Waals surface area (Å²) < 4.78 is 16.6. The molecule has 0 fully saturated rings. The molecule has 0 unspecified atom stereocenters. The van der Waals surface area contributed by atoms with Crippen molar-refractivity contribution in [3.63, 3.8) is 0 Å². The Morgan fingerprint density at radius 3 is 2.84 bits per heavy atom. The fourth-order valence-corrected chi connectivity index (χ4v) is 3.02. The third kappa shape index (κ3) is 3.39. The maximum atomic E-state index is 5.86. The highest BCUT2D eigenvalue weighted by atomic mass is 32.1. The molecule has 0 saturated carbocycles. The Bertz CT molecular complexity index is 889. The summed E-state index contributed by atoms with van der Waals surface area (Å²) in [6, 6.07) is 15.8. The molecule has 0 amide bonds. The lowest BCUT2D eigenvalue weighted by molar-refractivity contribution is 0.174. The molecule has 6 heteroatoms. The number of para-hydroxylation sites is 1. The largest absolute Gasteiger partial charge is 0.459 e. The van der Waals surface area contributed by atoms with E-state index in [1.807, 2.05) is 55.5 Å². The van der Waals surface area contributed by atoms with E-state index in [0.717, 1.165) is 33.8 Å². The van der Waals surface area contributed by atoms with Crippen LogP contribution < -0.4 is 20.1 Å². The van der Waals surface area contributed by atoms with Crippen LogP contribution in [0.5, 0.6) is 11.5 Å². The molecule has 0 spiro atoms. The minimum Gasteiger partial charge on any atom is -0.459 e. The van der Waals surface area contributed by atoms with E-state index in [9.17, 15) is 0 Å². The first-order chi connectivity index (χ1) is 12.2. The fourth-order valence-electron chi connectivity index (χ4n) is 2.77. The molecule has 25 heavy (non-hydrogen) atoms. The summed E-state index contributed by atoms with van der Waals surface area (Å²) in [4.78, 5) is 0. The Hall–Kier alpha value is -2.73. The lowest BCUT2D eigenvalue weighted by Crippen LogP contribution is -2.36. The van der Waals surface area contributed by atoms with Crippen LogP contribution in [0.2, 0.25) is 0 Å². The first-order valence-corrected chi connectivity index (χ1v) is 8.51. The maximum absolute atomic E-state index is 5.86. The van der Waals surface area contributed by atoms with Gasteiger partial charge in [0, 0.05) is 11.9 Å². The molecule has 0 radical (unpaired) electrons. The van der Waals surface area contributed by atoms with E-state index in [0.29, 0.717) is 11.7 Å². The highest BCUT2D eigenvalue weighted by Crippen LogP contribution is 2.32. The normalized spacial score (nSPS) is 13.6. The number of rotatable bonds is 4. The number of hydrogen-bond acceptors (Lipinski definition) is 4. The Labute approximate surface area is 150 Å². The zero-order valence-electron chi connectivity index (χ0n) is 13.7. The average Bonchev–Trinajstić information content (AvgIpc) is 3.25. The Balaban J connectivity index is 1.35. The van der Waals surface area contributed by atoms with Gasteiger partial charge in [-0.1, -0.05) is 24.3 Å². The van der Waals surface area contributed by atoms with Crippen LogP contribution >= 0.6 is 12.2 Å². The fraction of sp³-hybridized carbons (Fsp3) is 0.211. The smallest absolute Gasteiger partial charge is 0.231 e. The second-order valence-electron chi connectivity index (χ2n) is 5.92. The molecule has 0 saturated heterocycles. The van der Waals surface area contributed by atoms with Crippen molar-refractivity contribution in [3.05, 3.63) is 59.9 Å². The molecule has 1 aliphatic heterocycles. The molecule has 3 aromatic rings. The van der Waals surface area contributed by atoms with Crippen molar-refractivity contribution < 1.29 is 13.9 Å². The van der Waals surface area contributed by atoms with Crippen LogP contribution in [0.15, 0.2) is 52.9 Å². The molecule has 2 N–H and O–H groups in total. The molecular formula is C19H18N2O3S. The van der Waals surface area contributed by atoms with E-state index in [4.69, 9.17) is 26.1 Å². The zero-order valence-corrected chi connectivity index (χ0v) is 14.6. The molecule has 2 aromatic carbocycles. The lowest BCUT2D eigenvalue weighted by Gasteiger charge is -2.15. The van der Waals surface area contributed by atoms with Crippen molar-refractivity contribution in [1.82, 2.24) is 10.6 Å². The van der Waals surface area contributed by atoms with Crippen LogP contribution in [0.3, 0.4) is 0 Å². The van der Waals surface area contributed by atoms with Gasteiger partial charge in [0.2, 0.25) is 6.79 Å². The van der Waals surface area contributed by atoms with Crippen LogP contribution in [0, 0.1) is 0 Å². The highest BCUT2D eigenvalue weighted by Gasteiger charge is 2.14. The van der Waals surface area contributed by atoms with Gasteiger partial charge in [0.25, 0.3) is 0 Å². The van der Waals surface area contributed by atoms with Crippen molar-refractivity contribution in [2.24, 2.45) is 0 Å². The van der Waals surface area contributed by atoms with Gasteiger partial charge in [-0.2, -0.15) is 0 Å². The van der Waals surface area contributed by atoms with Gasteiger partial charge in [0.15, 0.2) is 16.6 Å². The summed E-state index contributed by atoms with van der Waals surface area (Å²) in [5.41, 5.74) is 1.95. The van der Waals surface area contributed by atoms with Crippen LogP contribution in [-0.2, 0) is 6.54 Å². The van der Waals surface area contributed by atoms with Crippen molar-refractivity contribution in [1.29, 1.82) is 0 Å². The Morgan fingerprint density at radius 2 is 1.96 bits per heavy atom. The molecule has 4 rings (SSSR count). The van der Waals surface area contributed by atoms with Crippen LogP contribution in [0.25, 0.3) is 11.0 Å². The number of hydrogen-bond donors (Lipinski definition) is 2. The van der Waals surface area contributed by atoms with Gasteiger partial charge >= 0.3 is 0 Å². The third-order valence-corrected chi connectivity index (χ3v) is 4.37. The maximum Gasteiger partial charge on any atom is 0.231 e. The highest BCUT2D eigenvalue weighted by molar-refractivity contribution is 7.80. The number of thiocarbonyl (C=S) groups is 1. The van der Waals surface area contributed by atoms with Crippen LogP contribution in [-0.4, -0.2) is 11.9 Å². The SMILES string of the molecule is C[C@H](NC(=S)NCc1ccc2c(c1)OCO2)c1cc2ccccc2o1. The second kappa shape index (κ2) is 6.64. The first-order valence-electron chi connectivity index (χ1n) is 8.10. The number of ether oxygens (including phenoxy) is 2. The standard InChI is InChI=1S/C19H18N2O3S/c1-12(17-9-14-4-2-3-5-15(14)24-17)21-19(25)20-10-13-6-7-16-18(8-13)23-11-22-16/h2-9,12H,10-11H2,1H3,(H2,20,21,25)/t12-/m0/s1. The van der Waals surface area contributed by atoms with Crippen molar-refractivity contribution in [2.75, 3.05) is 6.79 Å². The molecule has 0 aliphatic carbocycles. The van der Waals surface area contributed by atoms with E-state index >= 15 is 0 Å². The van der Waals surface area contributed by atoms with Gasteiger partial charge in [0.1, 0.15) is 11.3 Å². The molecule has 2 heterocycles. The second-order valence-corrected chi connectivity index (χ2v) is 6.33. The van der Waals surface area contributed by atoms with E-state index in [2.05, 4.69) is 10.6 Å². The van der Waals surface area contributed by atoms with E-state index in [1.54, 1.807) is 0 Å². The monoisotopic (exact) mass is 354 g/mol. The summed E-state index contributed by atoms with van der Waals surface area (Å²) in [5, 5.41) is 8.12. The lowest BCUT2D eigenvalue weighted by atomic mass is 10.2. The molecule has 1 aromatic heterocycles. The topological polar surface area (TPSA) is 55.7 Å². The molecule has 5 nitrogen and oxygen atoms in total. The van der Waals surface area contributed by atoms with Crippen LogP contribution in [0.4, 0.5) is 0 Å². The predicted molar refractivity (Wildman–Crippen MR) is 99.8 cm³/mol. The van der Waals surface area contributed by atoms with Crippen molar-refractivity contribution in [3.8, 4) is 11.5 Å². The average molecular weight is 354 g/mol. The first kappa shape index (κ1) is 15.8. The molecule has 1 aliphatic rings. The van der Waals surface area contributed by atoms with Gasteiger partial charge in [-0.3, -0.25) is 0 Å². The van der Waals surface area contributed by atoms with Gasteiger partial charge in [-0.25, -0.2) is 0 Å². The van der Waals surface area contributed by atoms with Crippen molar-refractivity contribution >= 4 is 28.3 Å². The van der Waals surface area contributed by atoms with E-state index in [1.165, 1.54) is 0 Å². The minimum absolute atomic E-state index is 0.0239. The minimum atomic E-state index is -0.0239. The quantitative estimate of drug-likeness (QED) is 0.694. The summed E-state index contributed by atoms with van der Waals surface area (Å²) >= 11 is 5.39. The number of fused-ring (bicyclic) bond motifs is 2. The number of furan rings is 1. The Morgan fingerprint density at radius 1 is 1.12 bits per heavy atom. The van der Waals surface area contributed by atoms with Crippen molar-refractivity contribution in [2.45, 2.75) is 19.5 Å². The Kier molecular flexibility index (Phi) is 4.19.